The SMILES string of the molecule is CC(c1ccccc1)[s+]1c(-c2ccccc2)[c-]c2ccccc21.[Au+]. The molecular weight excluding hydrogens is 493 g/mol. The molecule has 2 heteroatoms. The molecular formula is C22H18AuS+. The largest absolute Gasteiger partial charge is 1.00 e. The van der Waals surface area contributed by atoms with Gasteiger partial charge in [0.25, 0.3) is 0 Å². The quantitative estimate of drug-likeness (QED) is 0.164. The van der Waals surface area contributed by atoms with Crippen LogP contribution in [0.5, 0.6) is 0 Å². The Bertz CT molecular complexity index is 926. The smallest absolute Gasteiger partial charge is 0.130 e. The number of hydrogen-bond donors (Lipinski definition) is 0. The van der Waals surface area contributed by atoms with E-state index in [0.717, 1.165) is 0 Å². The average molecular weight is 511 g/mol. The number of benzene rings is 3. The molecule has 0 aliphatic rings. The van der Waals surface area contributed by atoms with Crippen LogP contribution in [0.25, 0.3) is 20.5 Å². The Morgan fingerprint density at radius 2 is 1.33 bits per heavy atom. The van der Waals surface area contributed by atoms with Gasteiger partial charge in [0.1, 0.15) is 4.70 Å². The van der Waals surface area contributed by atoms with Crippen LogP contribution in [0.15, 0.2) is 84.9 Å². The van der Waals surface area contributed by atoms with Crippen molar-refractivity contribution in [3.05, 3.63) is 96.6 Å². The average Bonchev–Trinajstić information content (AvgIpc) is 3.02. The van der Waals surface area contributed by atoms with Crippen molar-refractivity contribution in [2.24, 2.45) is 0 Å². The molecule has 0 radical (unpaired) electrons. The van der Waals surface area contributed by atoms with Crippen LogP contribution >= 0.6 is 10.5 Å². The van der Waals surface area contributed by atoms with Gasteiger partial charge in [-0.25, -0.2) is 0 Å². The van der Waals surface area contributed by atoms with Gasteiger partial charge in [-0.3, -0.25) is 0 Å². The van der Waals surface area contributed by atoms with E-state index in [9.17, 15) is 0 Å². The molecule has 4 aromatic rings. The zero-order valence-corrected chi connectivity index (χ0v) is 16.4. The molecule has 2 unspecified atom stereocenters. The van der Waals surface area contributed by atoms with E-state index in [1.165, 1.54) is 26.1 Å². The maximum absolute atomic E-state index is 3.68. The third-order valence-corrected chi connectivity index (χ3v) is 6.84. The van der Waals surface area contributed by atoms with E-state index in [0.29, 0.717) is 5.25 Å². The second-order valence-electron chi connectivity index (χ2n) is 5.71. The molecule has 0 spiro atoms. The maximum Gasteiger partial charge on any atom is 1.00 e. The molecule has 0 nitrogen and oxygen atoms in total. The van der Waals surface area contributed by atoms with E-state index in [1.807, 2.05) is 0 Å². The first-order valence-corrected chi connectivity index (χ1v) is 9.20. The maximum atomic E-state index is 3.68. The molecule has 0 amide bonds. The van der Waals surface area contributed by atoms with Crippen LogP contribution in [-0.4, -0.2) is 0 Å². The van der Waals surface area contributed by atoms with Gasteiger partial charge < -0.3 is 0 Å². The van der Waals surface area contributed by atoms with Crippen molar-refractivity contribution in [3.8, 4) is 10.4 Å². The Labute approximate surface area is 161 Å². The Hall–Kier alpha value is -1.64. The molecule has 0 saturated carbocycles. The Morgan fingerprint density at radius 1 is 0.750 bits per heavy atom. The van der Waals surface area contributed by atoms with Crippen molar-refractivity contribution in [3.63, 3.8) is 0 Å². The summed E-state index contributed by atoms with van der Waals surface area (Å²) in [6, 6.07) is 33.9. The number of fused-ring (bicyclic) bond motifs is 1. The van der Waals surface area contributed by atoms with Crippen LogP contribution in [0.3, 0.4) is 0 Å². The molecule has 4 rings (SSSR count). The molecule has 1 aromatic heterocycles. The van der Waals surface area contributed by atoms with Crippen molar-refractivity contribution >= 4 is 20.6 Å². The van der Waals surface area contributed by atoms with Crippen molar-refractivity contribution in [2.45, 2.75) is 12.2 Å². The topological polar surface area (TPSA) is 0 Å². The summed E-state index contributed by atoms with van der Waals surface area (Å²) in [5.41, 5.74) is 2.68. The first-order chi connectivity index (χ1) is 11.3. The fraction of sp³-hybridized carbons (Fsp3) is 0.0909. The molecule has 0 aliphatic heterocycles. The molecule has 0 N–H and O–H groups in total. The zero-order valence-electron chi connectivity index (χ0n) is 13.4. The normalized spacial score (nSPS) is 12.6. The number of thiophene rings is 1. The molecule has 0 bridgehead atoms. The standard InChI is InChI=1S/C22H18S.Au/c1-17(18-10-4-2-5-11-18)23-21-15-9-8-14-20(21)16-22(23)19-12-6-3-7-13-19;/h2-15,17H,1H3;/q;+1. The molecule has 122 valence electrons. The van der Waals surface area contributed by atoms with Gasteiger partial charge in [-0.15, -0.1) is 12.1 Å². The van der Waals surface area contributed by atoms with Crippen molar-refractivity contribution in [2.75, 3.05) is 0 Å². The minimum atomic E-state index is 0. The Morgan fingerprint density at radius 3 is 2.04 bits per heavy atom. The Balaban J connectivity index is 0.00000169. The van der Waals surface area contributed by atoms with Crippen molar-refractivity contribution < 1.29 is 22.4 Å². The summed E-state index contributed by atoms with van der Waals surface area (Å²) in [7, 11) is 0.0188. The summed E-state index contributed by atoms with van der Waals surface area (Å²) in [6.45, 7) is 2.34. The van der Waals surface area contributed by atoms with Crippen LogP contribution in [0, 0.1) is 6.07 Å². The molecule has 0 fully saturated rings. The summed E-state index contributed by atoms with van der Waals surface area (Å²) in [6.07, 6.45) is 0. The van der Waals surface area contributed by atoms with E-state index in [2.05, 4.69) is 97.9 Å². The summed E-state index contributed by atoms with van der Waals surface area (Å²) in [5, 5.41) is 1.69. The van der Waals surface area contributed by atoms with Gasteiger partial charge in [-0.05, 0) is 18.6 Å². The minimum absolute atomic E-state index is 0. The van der Waals surface area contributed by atoms with Crippen LogP contribution in [0.1, 0.15) is 17.7 Å². The summed E-state index contributed by atoms with van der Waals surface area (Å²) < 4.78 is 1.42. The van der Waals surface area contributed by atoms with Gasteiger partial charge in [-0.2, -0.15) is 0 Å². The van der Waals surface area contributed by atoms with E-state index >= 15 is 0 Å². The van der Waals surface area contributed by atoms with Crippen molar-refractivity contribution in [1.29, 1.82) is 0 Å². The molecule has 0 aliphatic carbocycles. The van der Waals surface area contributed by atoms with Crippen LogP contribution in [0.2, 0.25) is 0 Å². The van der Waals surface area contributed by atoms with Gasteiger partial charge >= 0.3 is 22.4 Å². The van der Waals surface area contributed by atoms with E-state index in [-0.39, 0.29) is 32.9 Å². The fourth-order valence-corrected chi connectivity index (χ4v) is 5.64. The van der Waals surface area contributed by atoms with Crippen molar-refractivity contribution in [1.82, 2.24) is 0 Å². The zero-order chi connectivity index (χ0) is 15.6. The molecule has 2 atom stereocenters. The first-order valence-electron chi connectivity index (χ1n) is 7.91. The summed E-state index contributed by atoms with van der Waals surface area (Å²) >= 11 is 0. The molecule has 1 heterocycles. The second-order valence-corrected chi connectivity index (χ2v) is 7.94. The second kappa shape index (κ2) is 7.50. The van der Waals surface area contributed by atoms with Gasteiger partial charge in [0, 0.05) is 5.56 Å². The van der Waals surface area contributed by atoms with Gasteiger partial charge in [-0.1, -0.05) is 88.7 Å². The van der Waals surface area contributed by atoms with E-state index in [4.69, 9.17) is 0 Å². The summed E-state index contributed by atoms with van der Waals surface area (Å²) in [5.74, 6) is 0. The molecule has 3 aromatic carbocycles. The molecule has 24 heavy (non-hydrogen) atoms. The summed E-state index contributed by atoms with van der Waals surface area (Å²) in [4.78, 5) is 1.34. The number of hydrogen-bond acceptors (Lipinski definition) is 0. The first kappa shape index (κ1) is 17.2. The predicted octanol–water partition coefficient (Wildman–Crippen LogP) is 6.66. The van der Waals surface area contributed by atoms with E-state index in [1.54, 1.807) is 0 Å². The van der Waals surface area contributed by atoms with Gasteiger partial charge in [0.15, 0.2) is 5.25 Å². The number of rotatable bonds is 3. The minimum Gasteiger partial charge on any atom is -0.130 e. The van der Waals surface area contributed by atoms with Gasteiger partial charge in [0.2, 0.25) is 0 Å². The predicted molar refractivity (Wildman–Crippen MR) is 101 cm³/mol. The van der Waals surface area contributed by atoms with E-state index < -0.39 is 0 Å². The third-order valence-electron chi connectivity index (χ3n) is 4.25. The fourth-order valence-electron chi connectivity index (χ4n) is 3.06. The monoisotopic (exact) mass is 511 g/mol. The Kier molecular flexibility index (Phi) is 5.37. The van der Waals surface area contributed by atoms with Gasteiger partial charge in [0.05, 0.1) is 4.88 Å². The molecule has 0 saturated heterocycles. The van der Waals surface area contributed by atoms with Crippen LogP contribution in [0.4, 0.5) is 0 Å². The third kappa shape index (κ3) is 3.13. The van der Waals surface area contributed by atoms with Crippen LogP contribution in [-0.2, 0) is 22.4 Å². The van der Waals surface area contributed by atoms with Crippen LogP contribution < -0.4 is 0 Å².